The number of ketones is 1. The Morgan fingerprint density at radius 2 is 2.12 bits per heavy atom. The molecule has 2 aliphatic rings. The number of benzene rings is 1. The zero-order valence-electron chi connectivity index (χ0n) is 18.1. The largest absolute Gasteiger partial charge is 0.506 e. The van der Waals surface area contributed by atoms with Gasteiger partial charge in [0.25, 0.3) is 11.8 Å². The summed E-state index contributed by atoms with van der Waals surface area (Å²) < 4.78 is 5.33. The number of hydrogen-bond acceptors (Lipinski definition) is 8. The maximum Gasteiger partial charge on any atom is 0.270 e. The van der Waals surface area contributed by atoms with Crippen LogP contribution in [0.15, 0.2) is 58.8 Å². The van der Waals surface area contributed by atoms with Gasteiger partial charge in [-0.25, -0.2) is 4.99 Å². The van der Waals surface area contributed by atoms with Crippen LogP contribution in [-0.2, 0) is 20.9 Å². The van der Waals surface area contributed by atoms with Crippen LogP contribution < -0.4 is 20.7 Å². The number of nitrogens with one attached hydrogen (secondary N) is 3. The van der Waals surface area contributed by atoms with Gasteiger partial charge in [0.15, 0.2) is 18.2 Å². The predicted octanol–water partition coefficient (Wildman–Crippen LogP) is 1.34. The Kier molecular flexibility index (Phi) is 6.62. The van der Waals surface area contributed by atoms with Crippen LogP contribution in [-0.4, -0.2) is 54.0 Å². The van der Waals surface area contributed by atoms with Gasteiger partial charge >= 0.3 is 0 Å². The van der Waals surface area contributed by atoms with Crippen molar-refractivity contribution in [2.45, 2.75) is 19.9 Å². The summed E-state index contributed by atoms with van der Waals surface area (Å²) in [4.78, 5) is 42.5. The number of Topliss-reactive ketones (excluding diaryl/α,β-unsaturated/α-hetero) is 1. The second-order valence-corrected chi connectivity index (χ2v) is 7.11. The van der Waals surface area contributed by atoms with Gasteiger partial charge < -0.3 is 30.7 Å². The van der Waals surface area contributed by atoms with Gasteiger partial charge in [0.2, 0.25) is 0 Å². The lowest BCUT2D eigenvalue weighted by Gasteiger charge is -2.28. The van der Waals surface area contributed by atoms with E-state index < -0.39 is 5.91 Å². The molecule has 0 radical (unpaired) electrons. The molecule has 0 fully saturated rings. The molecule has 10 heteroatoms. The third kappa shape index (κ3) is 4.64. The molecule has 0 saturated carbocycles. The highest BCUT2D eigenvalue weighted by molar-refractivity contribution is 6.44. The SMILES string of the molecule is C=C(O)C1=CC(C(=O)NCc2ccc3c(c2)NC(=O)CO3)=N/C(=C(/NC)C(=O)CC)N1C. The highest BCUT2D eigenvalue weighted by Gasteiger charge is 2.26. The molecule has 1 aromatic rings. The predicted molar refractivity (Wildman–Crippen MR) is 119 cm³/mol. The van der Waals surface area contributed by atoms with Crippen molar-refractivity contribution in [3.8, 4) is 5.75 Å². The molecule has 10 nitrogen and oxygen atoms in total. The van der Waals surface area contributed by atoms with E-state index in [1.54, 1.807) is 39.2 Å². The van der Waals surface area contributed by atoms with E-state index in [1.165, 1.54) is 11.0 Å². The molecule has 0 aromatic heterocycles. The minimum atomic E-state index is -0.508. The molecular formula is C22H25N5O5. The number of ether oxygens (including phenoxy) is 1. The van der Waals surface area contributed by atoms with Crippen molar-refractivity contribution in [3.05, 3.63) is 59.4 Å². The van der Waals surface area contributed by atoms with Crippen molar-refractivity contribution < 1.29 is 24.2 Å². The normalized spacial score (nSPS) is 16.6. The standard InChI is InChI=1S/C22H25N5O5/c1-5-17(29)20(23-3)21-26-15(9-16(12(2)28)27(21)4)22(31)24-10-13-6-7-18-14(8-13)25-19(30)11-32-18/h6-9,23,28H,2,5,10-11H2,1,3-4H3,(H,24,31)(H,25,30)/b21-20-. The van der Waals surface area contributed by atoms with Crippen LogP contribution >= 0.6 is 0 Å². The van der Waals surface area contributed by atoms with E-state index in [1.807, 2.05) is 0 Å². The molecule has 2 heterocycles. The number of aliphatic hydroxyl groups is 1. The van der Waals surface area contributed by atoms with Gasteiger partial charge in [0, 0.05) is 27.1 Å². The highest BCUT2D eigenvalue weighted by atomic mass is 16.5. The van der Waals surface area contributed by atoms with Crippen LogP contribution in [0.5, 0.6) is 5.75 Å². The molecule has 0 bridgehead atoms. The number of fused-ring (bicyclic) bond motifs is 1. The van der Waals surface area contributed by atoms with Gasteiger partial charge in [-0.1, -0.05) is 19.6 Å². The summed E-state index contributed by atoms with van der Waals surface area (Å²) in [7, 11) is 3.20. The van der Waals surface area contributed by atoms with E-state index in [0.717, 1.165) is 5.56 Å². The quantitative estimate of drug-likeness (QED) is 0.372. The number of aliphatic imine (C=N–C) groups is 1. The maximum atomic E-state index is 12.8. The van der Waals surface area contributed by atoms with Crippen LogP contribution in [0.4, 0.5) is 5.69 Å². The summed E-state index contributed by atoms with van der Waals surface area (Å²) in [6, 6.07) is 5.20. The highest BCUT2D eigenvalue weighted by Crippen LogP contribution is 2.28. The average molecular weight is 439 g/mol. The molecule has 0 aliphatic carbocycles. The van der Waals surface area contributed by atoms with E-state index in [9.17, 15) is 19.5 Å². The first-order chi connectivity index (χ1) is 15.2. The number of nitrogens with zero attached hydrogens (tertiary/aromatic N) is 2. The first-order valence-corrected chi connectivity index (χ1v) is 9.96. The summed E-state index contributed by atoms with van der Waals surface area (Å²) in [5.41, 5.74) is 1.74. The smallest absolute Gasteiger partial charge is 0.270 e. The minimum Gasteiger partial charge on any atom is -0.506 e. The second kappa shape index (κ2) is 9.38. The third-order valence-corrected chi connectivity index (χ3v) is 4.91. The van der Waals surface area contributed by atoms with Gasteiger partial charge in [-0.3, -0.25) is 14.4 Å². The summed E-state index contributed by atoms with van der Waals surface area (Å²) >= 11 is 0. The number of allylic oxidation sites excluding steroid dienone is 1. The first kappa shape index (κ1) is 22.6. The molecule has 0 unspecified atom stereocenters. The minimum absolute atomic E-state index is 0.00884. The molecular weight excluding hydrogens is 414 g/mol. The molecule has 2 aliphatic heterocycles. The van der Waals surface area contributed by atoms with Crippen molar-refractivity contribution in [3.63, 3.8) is 0 Å². The Hall–Kier alpha value is -4.08. The lowest BCUT2D eigenvalue weighted by molar-refractivity contribution is -0.118. The Morgan fingerprint density at radius 3 is 2.78 bits per heavy atom. The molecule has 0 saturated heterocycles. The number of aliphatic hydroxyl groups excluding tert-OH is 1. The fraction of sp³-hybridized carbons (Fsp3) is 0.273. The van der Waals surface area contributed by atoms with Crippen LogP contribution in [0.1, 0.15) is 18.9 Å². The van der Waals surface area contributed by atoms with Gasteiger partial charge in [-0.2, -0.15) is 0 Å². The van der Waals surface area contributed by atoms with E-state index in [2.05, 4.69) is 27.5 Å². The number of likely N-dealkylation sites (N-methyl/N-ethyl adjacent to an activating group) is 2. The van der Waals surface area contributed by atoms with Crippen LogP contribution in [0.25, 0.3) is 0 Å². The fourth-order valence-electron chi connectivity index (χ4n) is 3.24. The summed E-state index contributed by atoms with van der Waals surface area (Å²) in [5.74, 6) is -0.459. The van der Waals surface area contributed by atoms with Gasteiger partial charge in [0.05, 0.1) is 11.4 Å². The molecule has 32 heavy (non-hydrogen) atoms. The Morgan fingerprint density at radius 1 is 1.38 bits per heavy atom. The maximum absolute atomic E-state index is 12.8. The number of amides is 2. The van der Waals surface area contributed by atoms with Crippen molar-refractivity contribution in [2.24, 2.45) is 4.99 Å². The molecule has 0 spiro atoms. The van der Waals surface area contributed by atoms with Crippen molar-refractivity contribution in [2.75, 3.05) is 26.0 Å². The lowest BCUT2D eigenvalue weighted by Crippen LogP contribution is -2.35. The number of carbonyl (C=O) groups is 3. The first-order valence-electron chi connectivity index (χ1n) is 9.96. The monoisotopic (exact) mass is 439 g/mol. The molecule has 168 valence electrons. The van der Waals surface area contributed by atoms with E-state index >= 15 is 0 Å². The average Bonchev–Trinajstić information content (AvgIpc) is 2.78. The second-order valence-electron chi connectivity index (χ2n) is 7.11. The number of carbonyl (C=O) groups excluding carboxylic acids is 3. The van der Waals surface area contributed by atoms with E-state index in [0.29, 0.717) is 11.4 Å². The van der Waals surface area contributed by atoms with Crippen molar-refractivity contribution >= 4 is 29.0 Å². The summed E-state index contributed by atoms with van der Waals surface area (Å²) in [6.45, 7) is 5.37. The molecule has 0 atom stereocenters. The van der Waals surface area contributed by atoms with Crippen LogP contribution in [0.3, 0.4) is 0 Å². The lowest BCUT2D eigenvalue weighted by atomic mass is 10.1. The Bertz CT molecular complexity index is 1090. The summed E-state index contributed by atoms with van der Waals surface area (Å²) in [6.07, 6.45) is 1.63. The van der Waals surface area contributed by atoms with E-state index in [-0.39, 0.29) is 59.9 Å². The summed E-state index contributed by atoms with van der Waals surface area (Å²) in [5, 5.41) is 18.3. The van der Waals surface area contributed by atoms with Gasteiger partial charge in [-0.15, -0.1) is 0 Å². The van der Waals surface area contributed by atoms with Crippen LogP contribution in [0, 0.1) is 0 Å². The van der Waals surface area contributed by atoms with Crippen LogP contribution in [0.2, 0.25) is 0 Å². The number of hydrogen-bond donors (Lipinski definition) is 4. The number of anilines is 1. The molecule has 4 N–H and O–H groups in total. The van der Waals surface area contributed by atoms with Gasteiger partial charge in [0.1, 0.15) is 22.9 Å². The zero-order valence-corrected chi connectivity index (χ0v) is 18.1. The molecule has 3 rings (SSSR count). The zero-order chi connectivity index (χ0) is 23.4. The fourth-order valence-corrected chi connectivity index (χ4v) is 3.24. The number of rotatable bonds is 7. The molecule has 1 aromatic carbocycles. The van der Waals surface area contributed by atoms with Crippen molar-refractivity contribution in [1.82, 2.24) is 15.5 Å². The van der Waals surface area contributed by atoms with Crippen molar-refractivity contribution in [1.29, 1.82) is 0 Å². The third-order valence-electron chi connectivity index (χ3n) is 4.91. The van der Waals surface area contributed by atoms with Gasteiger partial charge in [-0.05, 0) is 23.8 Å². The van der Waals surface area contributed by atoms with E-state index in [4.69, 9.17) is 4.74 Å². The Balaban J connectivity index is 1.85. The topological polar surface area (TPSA) is 132 Å². The molecule has 2 amide bonds. The Labute approximate surface area is 185 Å².